The van der Waals surface area contributed by atoms with Crippen molar-refractivity contribution in [1.29, 1.82) is 0 Å². The molecule has 0 amide bonds. The van der Waals surface area contributed by atoms with Crippen molar-refractivity contribution < 1.29 is 4.74 Å². The monoisotopic (exact) mass is 624 g/mol. The van der Waals surface area contributed by atoms with Crippen molar-refractivity contribution in [2.75, 3.05) is 25.6 Å². The van der Waals surface area contributed by atoms with Crippen LogP contribution in [-0.4, -0.2) is 34.4 Å². The third kappa shape index (κ3) is 5.22. The smallest absolute Gasteiger partial charge is 0.132 e. The molecule has 0 aliphatic rings. The molecular weight excluding hydrogens is 597 g/mol. The van der Waals surface area contributed by atoms with Crippen LogP contribution in [0.3, 0.4) is 0 Å². The van der Waals surface area contributed by atoms with Gasteiger partial charge in [-0.05, 0) is 77.7 Å². The Morgan fingerprint density at radius 1 is 0.714 bits per heavy atom. The summed E-state index contributed by atoms with van der Waals surface area (Å²) in [6.45, 7) is 5.03. The fourth-order valence-corrected chi connectivity index (χ4v) is 8.75. The Balaban J connectivity index is 1.16. The highest BCUT2D eigenvalue weighted by molar-refractivity contribution is 7.31. The molecule has 0 fully saturated rings. The van der Waals surface area contributed by atoms with Gasteiger partial charge in [0.25, 0.3) is 0 Å². The first kappa shape index (κ1) is 27.2. The van der Waals surface area contributed by atoms with Gasteiger partial charge in [0.05, 0.1) is 23.2 Å². The average molecular weight is 625 g/mol. The second-order valence-electron chi connectivity index (χ2n) is 10.8. The van der Waals surface area contributed by atoms with Gasteiger partial charge in [-0.2, -0.15) is 8.75 Å². The lowest BCUT2D eigenvalue weighted by molar-refractivity contribution is 0.271. The molecule has 210 valence electrons. The van der Waals surface area contributed by atoms with Gasteiger partial charge in [-0.1, -0.05) is 26.0 Å². The summed E-state index contributed by atoms with van der Waals surface area (Å²) in [5.41, 5.74) is 7.33. The maximum absolute atomic E-state index is 5.85. The molecule has 0 N–H and O–H groups in total. The van der Waals surface area contributed by atoms with Crippen LogP contribution in [-0.2, 0) is 0 Å². The quantitative estimate of drug-likeness (QED) is 0.168. The number of hydrogen-bond acceptors (Lipinski definition) is 9. The van der Waals surface area contributed by atoms with Crippen molar-refractivity contribution in [3.05, 3.63) is 79.0 Å². The lowest BCUT2D eigenvalue weighted by Crippen LogP contribution is -2.07. The molecule has 0 aliphatic heterocycles. The van der Waals surface area contributed by atoms with E-state index >= 15 is 0 Å². The number of thiophene rings is 3. The van der Waals surface area contributed by atoms with E-state index in [4.69, 9.17) is 14.1 Å². The third-order valence-corrected chi connectivity index (χ3v) is 11.0. The number of rotatable bonds is 8. The van der Waals surface area contributed by atoms with Crippen LogP contribution in [0.1, 0.15) is 13.8 Å². The maximum atomic E-state index is 5.85. The minimum atomic E-state index is 0.501. The van der Waals surface area contributed by atoms with E-state index in [1.807, 2.05) is 29.7 Å². The first-order valence-electron chi connectivity index (χ1n) is 13.7. The van der Waals surface area contributed by atoms with Crippen molar-refractivity contribution in [1.82, 2.24) is 13.7 Å². The minimum Gasteiger partial charge on any atom is -0.493 e. The Labute approximate surface area is 261 Å². The highest BCUT2D eigenvalue weighted by Gasteiger charge is 2.19. The number of pyridine rings is 1. The fraction of sp³-hybridized carbons (Fsp3) is 0.182. The fourth-order valence-electron chi connectivity index (χ4n) is 4.77. The SMILES string of the molecule is CC(C)COc1ccc(-c2ccc(-c3ncc(-c4cc5sc(-c6ccc(N(C)C)cc6)cc5s4)c4nsnc34)s2)cc1. The average Bonchev–Trinajstić information content (AvgIpc) is 3.80. The zero-order valence-corrected chi connectivity index (χ0v) is 26.9. The number of anilines is 1. The van der Waals surface area contributed by atoms with Gasteiger partial charge < -0.3 is 9.64 Å². The molecule has 2 aromatic carbocycles. The zero-order valence-electron chi connectivity index (χ0n) is 23.6. The van der Waals surface area contributed by atoms with Gasteiger partial charge in [0, 0.05) is 55.6 Å². The first-order chi connectivity index (χ1) is 20.4. The Bertz CT molecular complexity index is 1960. The van der Waals surface area contributed by atoms with E-state index in [0.29, 0.717) is 5.92 Å². The topological polar surface area (TPSA) is 51.1 Å². The number of aromatic nitrogens is 3. The largest absolute Gasteiger partial charge is 0.493 e. The summed E-state index contributed by atoms with van der Waals surface area (Å²) < 4.78 is 17.8. The Morgan fingerprint density at radius 2 is 1.36 bits per heavy atom. The number of hydrogen-bond donors (Lipinski definition) is 0. The number of nitrogens with zero attached hydrogens (tertiary/aromatic N) is 4. The zero-order chi connectivity index (χ0) is 28.8. The molecule has 7 aromatic rings. The van der Waals surface area contributed by atoms with E-state index < -0.39 is 0 Å². The summed E-state index contributed by atoms with van der Waals surface area (Å²) in [4.78, 5) is 11.8. The molecule has 5 aromatic heterocycles. The van der Waals surface area contributed by atoms with Gasteiger partial charge in [0.2, 0.25) is 0 Å². The van der Waals surface area contributed by atoms with Crippen molar-refractivity contribution in [2.24, 2.45) is 5.92 Å². The number of ether oxygens (including phenoxy) is 1. The maximum Gasteiger partial charge on any atom is 0.132 e. The molecule has 5 nitrogen and oxygen atoms in total. The summed E-state index contributed by atoms with van der Waals surface area (Å²) in [6, 6.07) is 25.9. The van der Waals surface area contributed by atoms with Gasteiger partial charge in [-0.15, -0.1) is 34.0 Å². The van der Waals surface area contributed by atoms with E-state index in [1.165, 1.54) is 52.6 Å². The molecule has 0 radical (unpaired) electrons. The van der Waals surface area contributed by atoms with Crippen molar-refractivity contribution >= 4 is 71.9 Å². The summed E-state index contributed by atoms with van der Waals surface area (Å²) >= 11 is 6.60. The van der Waals surface area contributed by atoms with Crippen molar-refractivity contribution in [3.8, 4) is 47.6 Å². The van der Waals surface area contributed by atoms with E-state index in [1.54, 1.807) is 22.7 Å². The van der Waals surface area contributed by atoms with Crippen LogP contribution in [0.5, 0.6) is 5.75 Å². The lowest BCUT2D eigenvalue weighted by atomic mass is 10.1. The van der Waals surface area contributed by atoms with E-state index in [2.05, 4.69) is 97.9 Å². The van der Waals surface area contributed by atoms with Gasteiger partial charge in [-0.25, -0.2) is 0 Å². The molecule has 7 rings (SSSR count). The molecule has 42 heavy (non-hydrogen) atoms. The molecule has 0 saturated carbocycles. The molecular formula is C33H28N4OS4. The Kier molecular flexibility index (Phi) is 7.27. The van der Waals surface area contributed by atoms with Crippen LogP contribution >= 0.6 is 45.7 Å². The van der Waals surface area contributed by atoms with Gasteiger partial charge in [-0.3, -0.25) is 4.98 Å². The molecule has 5 heterocycles. The predicted octanol–water partition coefficient (Wildman–Crippen LogP) is 10.2. The predicted molar refractivity (Wildman–Crippen MR) is 183 cm³/mol. The van der Waals surface area contributed by atoms with Crippen LogP contribution in [0.2, 0.25) is 0 Å². The third-order valence-electron chi connectivity index (χ3n) is 6.99. The normalized spacial score (nSPS) is 11.6. The highest BCUT2D eigenvalue weighted by Crippen LogP contribution is 2.44. The molecule has 0 saturated heterocycles. The second-order valence-corrected chi connectivity index (χ2v) is 14.5. The Hall–Kier alpha value is -3.63. The van der Waals surface area contributed by atoms with Crippen LogP contribution in [0.4, 0.5) is 5.69 Å². The van der Waals surface area contributed by atoms with Gasteiger partial charge in [0.15, 0.2) is 0 Å². The van der Waals surface area contributed by atoms with Crippen molar-refractivity contribution in [3.63, 3.8) is 0 Å². The molecule has 9 heteroatoms. The van der Waals surface area contributed by atoms with Gasteiger partial charge >= 0.3 is 0 Å². The van der Waals surface area contributed by atoms with E-state index in [9.17, 15) is 0 Å². The second kappa shape index (κ2) is 11.2. The summed E-state index contributed by atoms with van der Waals surface area (Å²) in [5, 5.41) is 0. The number of fused-ring (bicyclic) bond motifs is 2. The van der Waals surface area contributed by atoms with Crippen LogP contribution in [0, 0.1) is 5.92 Å². The molecule has 0 spiro atoms. The minimum absolute atomic E-state index is 0.501. The summed E-state index contributed by atoms with van der Waals surface area (Å²) in [7, 11) is 4.13. The van der Waals surface area contributed by atoms with Crippen LogP contribution < -0.4 is 9.64 Å². The van der Waals surface area contributed by atoms with E-state index in [-0.39, 0.29) is 0 Å². The summed E-state index contributed by atoms with van der Waals surface area (Å²) in [5.74, 6) is 1.40. The first-order valence-corrected chi connectivity index (χ1v) is 16.9. The number of benzene rings is 2. The van der Waals surface area contributed by atoms with Crippen molar-refractivity contribution in [2.45, 2.75) is 13.8 Å². The molecule has 0 atom stereocenters. The lowest BCUT2D eigenvalue weighted by Gasteiger charge is -2.12. The molecule has 0 unspecified atom stereocenters. The highest BCUT2D eigenvalue weighted by atomic mass is 32.1. The standard InChI is InChI=1S/C33H28N4OS4/c1-19(2)18-38-23-11-7-20(8-12-23)25-13-14-26(39-25)32-33-31(35-42-36-33)24(17-34-32)28-16-30-29(41-28)15-27(40-30)21-5-9-22(10-6-21)37(3)4/h5-17,19H,18H2,1-4H3. The molecule has 0 bridgehead atoms. The summed E-state index contributed by atoms with van der Waals surface area (Å²) in [6.07, 6.45) is 1.97. The van der Waals surface area contributed by atoms with Crippen LogP contribution in [0.25, 0.3) is 62.3 Å². The van der Waals surface area contributed by atoms with E-state index in [0.717, 1.165) is 39.5 Å². The Morgan fingerprint density at radius 3 is 2.10 bits per heavy atom. The van der Waals surface area contributed by atoms with Crippen LogP contribution in [0.15, 0.2) is 79.0 Å². The van der Waals surface area contributed by atoms with Gasteiger partial charge in [0.1, 0.15) is 22.5 Å². The molecule has 0 aliphatic carbocycles.